The number of halogens is 1. The summed E-state index contributed by atoms with van der Waals surface area (Å²) in [4.78, 5) is 12.8. The number of nitrogens with zero attached hydrogens (tertiary/aromatic N) is 4. The van der Waals surface area contributed by atoms with Crippen LogP contribution in [0.5, 0.6) is 0 Å². The van der Waals surface area contributed by atoms with Crippen LogP contribution in [-0.2, 0) is 4.74 Å². The van der Waals surface area contributed by atoms with Crippen LogP contribution in [0.1, 0.15) is 24.8 Å². The molecule has 2 aromatic heterocycles. The summed E-state index contributed by atoms with van der Waals surface area (Å²) < 4.78 is 20.2. The molecule has 28 heavy (non-hydrogen) atoms. The van der Waals surface area contributed by atoms with Gasteiger partial charge in [-0.1, -0.05) is 12.1 Å². The van der Waals surface area contributed by atoms with Gasteiger partial charge >= 0.3 is 0 Å². The molecule has 0 bridgehead atoms. The van der Waals surface area contributed by atoms with Gasteiger partial charge in [-0.2, -0.15) is 0 Å². The average Bonchev–Trinajstić information content (AvgIpc) is 3.24. The Morgan fingerprint density at radius 3 is 2.61 bits per heavy atom. The van der Waals surface area contributed by atoms with Crippen LogP contribution in [0.2, 0.25) is 0 Å². The van der Waals surface area contributed by atoms with Crippen LogP contribution in [0.4, 0.5) is 10.2 Å². The van der Waals surface area contributed by atoms with Gasteiger partial charge in [0.15, 0.2) is 23.2 Å². The molecule has 0 saturated carbocycles. The molecule has 1 aliphatic rings. The summed E-state index contributed by atoms with van der Waals surface area (Å²) in [7, 11) is 0. The molecule has 10 heteroatoms. The number of benzene rings is 1. The first-order valence-corrected chi connectivity index (χ1v) is 8.81. The number of rotatable bonds is 5. The number of ether oxygens (including phenoxy) is 1. The summed E-state index contributed by atoms with van der Waals surface area (Å²) in [6, 6.07) is 5.98. The van der Waals surface area contributed by atoms with Gasteiger partial charge in [0.25, 0.3) is 0 Å². The molecule has 2 unspecified atom stereocenters. The lowest BCUT2D eigenvalue weighted by molar-refractivity contribution is -0.0511. The molecule has 4 rings (SSSR count). The van der Waals surface area contributed by atoms with E-state index in [-0.39, 0.29) is 11.9 Å². The van der Waals surface area contributed by atoms with Gasteiger partial charge in [-0.05, 0) is 24.6 Å². The summed E-state index contributed by atoms with van der Waals surface area (Å²) >= 11 is 0. The molecule has 0 aliphatic carbocycles. The smallest absolute Gasteiger partial charge is 0.167 e. The Bertz CT molecular complexity index is 966. The van der Waals surface area contributed by atoms with Gasteiger partial charge in [0.2, 0.25) is 0 Å². The molecule has 1 aliphatic heterocycles. The minimum absolute atomic E-state index is 0.169. The Kier molecular flexibility index (Phi) is 4.94. The highest BCUT2D eigenvalue weighted by Crippen LogP contribution is 2.32. The van der Waals surface area contributed by atoms with Gasteiger partial charge in [-0.3, -0.25) is 4.57 Å². The van der Waals surface area contributed by atoms with Gasteiger partial charge < -0.3 is 25.4 Å². The number of aliphatic hydroxyl groups excluding tert-OH is 3. The molecule has 1 aromatic carbocycles. The van der Waals surface area contributed by atoms with Crippen LogP contribution in [-0.4, -0.2) is 59.8 Å². The van der Waals surface area contributed by atoms with Crippen LogP contribution in [0.25, 0.3) is 11.2 Å². The van der Waals surface area contributed by atoms with Crippen molar-refractivity contribution in [2.75, 3.05) is 11.9 Å². The third kappa shape index (κ3) is 3.20. The predicted octanol–water partition coefficient (Wildman–Crippen LogP) is 0.750. The molecule has 1 saturated heterocycles. The molecular weight excluding hydrogens is 369 g/mol. The second-order valence-corrected chi connectivity index (χ2v) is 6.69. The third-order valence-electron chi connectivity index (χ3n) is 4.87. The highest BCUT2D eigenvalue weighted by Gasteiger charge is 2.44. The van der Waals surface area contributed by atoms with E-state index in [0.29, 0.717) is 17.0 Å². The molecule has 4 N–H and O–H groups in total. The first-order chi connectivity index (χ1) is 13.5. The zero-order valence-corrected chi connectivity index (χ0v) is 15.0. The van der Waals surface area contributed by atoms with E-state index in [9.17, 15) is 19.7 Å². The number of imidazole rings is 1. The molecule has 3 heterocycles. The molecule has 0 amide bonds. The van der Waals surface area contributed by atoms with E-state index in [1.54, 1.807) is 12.1 Å². The topological polar surface area (TPSA) is 126 Å². The summed E-state index contributed by atoms with van der Waals surface area (Å²) in [5, 5.41) is 32.7. The number of fused-ring (bicyclic) bond motifs is 1. The number of nitrogens with one attached hydrogen (secondary N) is 1. The molecule has 9 nitrogen and oxygen atoms in total. The Morgan fingerprint density at radius 1 is 1.18 bits per heavy atom. The number of aromatic nitrogens is 4. The number of hydrogen-bond donors (Lipinski definition) is 4. The quantitative estimate of drug-likeness (QED) is 0.504. The minimum Gasteiger partial charge on any atom is -0.394 e. The van der Waals surface area contributed by atoms with Crippen LogP contribution in [0.15, 0.2) is 36.9 Å². The maximum atomic E-state index is 13.1. The standard InChI is InChI=1S/C18H20FN5O4/c1-9(10-2-4-11(19)5-3-10)23-16-13-17(21-7-20-16)24(8-22-13)18-15(27)14(26)12(6-25)28-18/h2-5,7-9,12,14-15,18,25-27H,6H2,1H3,(H,20,21,23)/t9-,12-,14?,15?,18-/m1/s1. The molecule has 5 atom stereocenters. The number of aliphatic hydroxyl groups is 3. The Hall–Kier alpha value is -2.66. The molecule has 0 spiro atoms. The highest BCUT2D eigenvalue weighted by atomic mass is 19.1. The van der Waals surface area contributed by atoms with Gasteiger partial charge in [0.1, 0.15) is 30.5 Å². The van der Waals surface area contributed by atoms with E-state index in [4.69, 9.17) is 4.74 Å². The van der Waals surface area contributed by atoms with Crippen molar-refractivity contribution in [3.05, 3.63) is 48.3 Å². The number of hydrogen-bond acceptors (Lipinski definition) is 8. The first kappa shape index (κ1) is 18.7. The molecule has 0 radical (unpaired) electrons. The lowest BCUT2D eigenvalue weighted by Gasteiger charge is -2.17. The first-order valence-electron chi connectivity index (χ1n) is 8.81. The SMILES string of the molecule is C[C@@H](Nc1ncnc2c1ncn2[C@@H]1O[C@H](CO)C(O)C1O)c1ccc(F)cc1. The van der Waals surface area contributed by atoms with E-state index in [2.05, 4.69) is 20.3 Å². The summed E-state index contributed by atoms with van der Waals surface area (Å²) in [5.41, 5.74) is 1.73. The lowest BCUT2D eigenvalue weighted by atomic mass is 10.1. The fraction of sp³-hybridized carbons (Fsp3) is 0.389. The average molecular weight is 389 g/mol. The van der Waals surface area contributed by atoms with Crippen molar-refractivity contribution < 1.29 is 24.4 Å². The van der Waals surface area contributed by atoms with Crippen molar-refractivity contribution in [1.82, 2.24) is 19.5 Å². The summed E-state index contributed by atoms with van der Waals surface area (Å²) in [5.74, 6) is 0.157. The van der Waals surface area contributed by atoms with Crippen molar-refractivity contribution in [2.24, 2.45) is 0 Å². The van der Waals surface area contributed by atoms with Crippen molar-refractivity contribution in [2.45, 2.75) is 37.5 Å². The zero-order valence-electron chi connectivity index (χ0n) is 15.0. The highest BCUT2D eigenvalue weighted by molar-refractivity contribution is 5.82. The van der Waals surface area contributed by atoms with Crippen LogP contribution < -0.4 is 5.32 Å². The minimum atomic E-state index is -1.24. The van der Waals surface area contributed by atoms with Crippen LogP contribution >= 0.6 is 0 Å². The van der Waals surface area contributed by atoms with Crippen molar-refractivity contribution in [3.63, 3.8) is 0 Å². The van der Waals surface area contributed by atoms with Gasteiger partial charge in [0, 0.05) is 0 Å². The largest absolute Gasteiger partial charge is 0.394 e. The molecule has 1 fully saturated rings. The van der Waals surface area contributed by atoms with E-state index in [0.717, 1.165) is 5.56 Å². The monoisotopic (exact) mass is 389 g/mol. The van der Waals surface area contributed by atoms with Crippen molar-refractivity contribution in [1.29, 1.82) is 0 Å². The van der Waals surface area contributed by atoms with E-state index in [1.165, 1.54) is 29.4 Å². The summed E-state index contributed by atoms with van der Waals surface area (Å²) in [6.07, 6.45) is -1.50. The summed E-state index contributed by atoms with van der Waals surface area (Å²) in [6.45, 7) is 1.49. The van der Waals surface area contributed by atoms with Crippen molar-refractivity contribution in [3.8, 4) is 0 Å². The van der Waals surface area contributed by atoms with Gasteiger partial charge in [0.05, 0.1) is 19.0 Å². The second kappa shape index (κ2) is 7.40. The molecular formula is C18H20FN5O4. The van der Waals surface area contributed by atoms with E-state index in [1.807, 2.05) is 6.92 Å². The lowest BCUT2D eigenvalue weighted by Crippen LogP contribution is -2.33. The Morgan fingerprint density at radius 2 is 1.93 bits per heavy atom. The van der Waals surface area contributed by atoms with Gasteiger partial charge in [-0.25, -0.2) is 19.3 Å². The Balaban J connectivity index is 1.63. The zero-order chi connectivity index (χ0) is 19.8. The van der Waals surface area contributed by atoms with Crippen molar-refractivity contribution >= 4 is 17.0 Å². The Labute approximate surface area is 159 Å². The molecule has 148 valence electrons. The second-order valence-electron chi connectivity index (χ2n) is 6.69. The number of anilines is 1. The maximum absolute atomic E-state index is 13.1. The molecule has 3 aromatic rings. The van der Waals surface area contributed by atoms with Crippen LogP contribution in [0, 0.1) is 5.82 Å². The van der Waals surface area contributed by atoms with Crippen LogP contribution in [0.3, 0.4) is 0 Å². The predicted molar refractivity (Wildman–Crippen MR) is 96.8 cm³/mol. The van der Waals surface area contributed by atoms with Gasteiger partial charge in [-0.15, -0.1) is 0 Å². The fourth-order valence-electron chi connectivity index (χ4n) is 3.29. The fourth-order valence-corrected chi connectivity index (χ4v) is 3.29. The maximum Gasteiger partial charge on any atom is 0.167 e. The van der Waals surface area contributed by atoms with E-state index >= 15 is 0 Å². The normalized spacial score (nSPS) is 25.9. The van der Waals surface area contributed by atoms with E-state index < -0.39 is 31.1 Å². The third-order valence-corrected chi connectivity index (χ3v) is 4.87.